The second-order valence-corrected chi connectivity index (χ2v) is 9.50. The van der Waals surface area contributed by atoms with Crippen LogP contribution in [0.4, 0.5) is 15.8 Å². The number of carbonyl (C=O) groups excluding carboxylic acids is 1. The molecule has 5 rings (SSSR count). The molecular weight excluding hydrogens is 497 g/mol. The maximum absolute atomic E-state index is 14.2. The summed E-state index contributed by atoms with van der Waals surface area (Å²) in [4.78, 5) is 23.9. The molecule has 2 aliphatic rings. The lowest BCUT2D eigenvalue weighted by molar-refractivity contribution is -0.119. The molecule has 3 aromatic rings. The number of thiocarbonyl (C=S) groups is 1. The topological polar surface area (TPSA) is 51.2 Å². The summed E-state index contributed by atoms with van der Waals surface area (Å²) in [5.74, 6) is -0.460. The molecule has 1 atom stereocenters. The van der Waals surface area contributed by atoms with Gasteiger partial charge in [0, 0.05) is 49.4 Å². The van der Waals surface area contributed by atoms with E-state index in [-0.39, 0.29) is 11.7 Å². The predicted octanol–water partition coefficient (Wildman–Crippen LogP) is 4.32. The predicted molar refractivity (Wildman–Crippen MR) is 147 cm³/mol. The second kappa shape index (κ2) is 10.2. The van der Waals surface area contributed by atoms with E-state index in [0.29, 0.717) is 47.7 Å². The first-order chi connectivity index (χ1) is 17.4. The lowest BCUT2D eigenvalue weighted by atomic mass is 10.0. The molecule has 6 nitrogen and oxygen atoms in total. The number of fused-ring (bicyclic) bond motifs is 1. The fourth-order valence-electron chi connectivity index (χ4n) is 4.53. The summed E-state index contributed by atoms with van der Waals surface area (Å²) < 4.78 is 14.2. The average Bonchev–Trinajstić information content (AvgIpc) is 3.00. The van der Waals surface area contributed by atoms with E-state index in [1.807, 2.05) is 58.3 Å². The number of carbonyl (C=O) groups is 1. The SMILES string of the molecule is CN1C(=O)C(NC(=S)N2CCN(c3ccccc3F)CC2)N=C(c2ccccc2)c2cc(Cl)ccc21. The van der Waals surface area contributed by atoms with E-state index in [4.69, 9.17) is 28.8 Å². The number of para-hydroxylation sites is 1. The number of nitrogens with zero attached hydrogens (tertiary/aromatic N) is 4. The number of rotatable bonds is 3. The number of likely N-dealkylation sites (N-methyl/N-ethyl adjacent to an activating group) is 1. The fourth-order valence-corrected chi connectivity index (χ4v) is 5.00. The van der Waals surface area contributed by atoms with Gasteiger partial charge in [0.2, 0.25) is 6.17 Å². The van der Waals surface area contributed by atoms with Crippen molar-refractivity contribution in [3.63, 3.8) is 0 Å². The molecule has 2 aliphatic heterocycles. The molecule has 3 aromatic carbocycles. The summed E-state index contributed by atoms with van der Waals surface area (Å²) in [6, 6.07) is 21.9. The molecular formula is C27H25ClFN5OS. The zero-order valence-electron chi connectivity index (χ0n) is 19.7. The first-order valence-corrected chi connectivity index (χ1v) is 12.5. The highest BCUT2D eigenvalue weighted by Crippen LogP contribution is 2.30. The number of nitrogens with one attached hydrogen (secondary N) is 1. The Balaban J connectivity index is 1.38. The smallest absolute Gasteiger partial charge is 0.272 e. The number of aliphatic imine (C=N–C) groups is 1. The van der Waals surface area contributed by atoms with Crippen molar-refractivity contribution in [1.82, 2.24) is 10.2 Å². The molecule has 1 amide bonds. The zero-order valence-corrected chi connectivity index (χ0v) is 21.3. The van der Waals surface area contributed by atoms with Gasteiger partial charge in [-0.15, -0.1) is 0 Å². The van der Waals surface area contributed by atoms with Crippen molar-refractivity contribution in [2.45, 2.75) is 6.17 Å². The number of anilines is 2. The van der Waals surface area contributed by atoms with Gasteiger partial charge in [0.1, 0.15) is 5.82 Å². The third-order valence-electron chi connectivity index (χ3n) is 6.47. The van der Waals surface area contributed by atoms with Crippen molar-refractivity contribution in [2.75, 3.05) is 43.0 Å². The number of hydrogen-bond donors (Lipinski definition) is 1. The summed E-state index contributed by atoms with van der Waals surface area (Å²) >= 11 is 12.0. The fraction of sp³-hybridized carbons (Fsp3) is 0.222. The van der Waals surface area contributed by atoms with Crippen LogP contribution in [0.2, 0.25) is 5.02 Å². The average molecular weight is 522 g/mol. The Morgan fingerprint density at radius 3 is 2.42 bits per heavy atom. The molecule has 1 fully saturated rings. The first kappa shape index (κ1) is 24.2. The molecule has 0 saturated carbocycles. The summed E-state index contributed by atoms with van der Waals surface area (Å²) in [7, 11) is 1.73. The Bertz CT molecular complexity index is 1330. The van der Waals surface area contributed by atoms with Crippen LogP contribution in [0.3, 0.4) is 0 Å². The number of benzodiazepines with no additional fused rings is 1. The van der Waals surface area contributed by atoms with Gasteiger partial charge in [0.15, 0.2) is 5.11 Å². The molecule has 0 aromatic heterocycles. The first-order valence-electron chi connectivity index (χ1n) is 11.7. The van der Waals surface area contributed by atoms with Crippen LogP contribution < -0.4 is 15.1 Å². The maximum atomic E-state index is 14.2. The highest BCUT2D eigenvalue weighted by molar-refractivity contribution is 7.80. The van der Waals surface area contributed by atoms with Crippen LogP contribution in [-0.4, -0.2) is 61.0 Å². The van der Waals surface area contributed by atoms with Gasteiger partial charge in [-0.3, -0.25) is 4.79 Å². The van der Waals surface area contributed by atoms with Crippen molar-refractivity contribution in [1.29, 1.82) is 0 Å². The summed E-state index contributed by atoms with van der Waals surface area (Å²) in [6.07, 6.45) is -0.909. The lowest BCUT2D eigenvalue weighted by Crippen LogP contribution is -2.55. The number of benzene rings is 3. The van der Waals surface area contributed by atoms with Crippen LogP contribution in [0, 0.1) is 5.82 Å². The molecule has 0 spiro atoms. The minimum Gasteiger partial charge on any atom is -0.366 e. The normalized spacial score (nSPS) is 17.9. The van der Waals surface area contributed by atoms with Gasteiger partial charge in [-0.25, -0.2) is 9.38 Å². The van der Waals surface area contributed by atoms with Crippen LogP contribution in [0.15, 0.2) is 77.8 Å². The van der Waals surface area contributed by atoms with Crippen molar-refractivity contribution < 1.29 is 9.18 Å². The Morgan fingerprint density at radius 2 is 1.69 bits per heavy atom. The molecule has 0 radical (unpaired) electrons. The van der Waals surface area contributed by atoms with Gasteiger partial charge in [-0.1, -0.05) is 54.1 Å². The Hall–Kier alpha value is -3.49. The third-order valence-corrected chi connectivity index (χ3v) is 7.08. The molecule has 1 unspecified atom stereocenters. The van der Waals surface area contributed by atoms with Crippen molar-refractivity contribution in [3.05, 3.63) is 94.8 Å². The molecule has 0 aliphatic carbocycles. The Kier molecular flexibility index (Phi) is 6.89. The summed E-state index contributed by atoms with van der Waals surface area (Å²) in [5, 5.41) is 4.18. The van der Waals surface area contributed by atoms with Crippen LogP contribution >= 0.6 is 23.8 Å². The van der Waals surface area contributed by atoms with Crippen LogP contribution in [0.25, 0.3) is 0 Å². The van der Waals surface area contributed by atoms with Gasteiger partial charge in [0.05, 0.1) is 17.1 Å². The Morgan fingerprint density at radius 1 is 1.00 bits per heavy atom. The van der Waals surface area contributed by atoms with E-state index in [0.717, 1.165) is 16.8 Å². The van der Waals surface area contributed by atoms with Gasteiger partial charge in [0.25, 0.3) is 5.91 Å². The van der Waals surface area contributed by atoms with Crippen LogP contribution in [0.5, 0.6) is 0 Å². The number of halogens is 2. The molecule has 0 bridgehead atoms. The molecule has 9 heteroatoms. The standard InChI is InChI=1S/C27H25ClFN5OS/c1-32-22-12-11-19(28)17-20(22)24(18-7-3-2-4-8-18)30-25(26(32)35)31-27(36)34-15-13-33(14-16-34)23-10-6-5-9-21(23)29/h2-12,17,25H,13-16H2,1H3,(H,31,36). The monoisotopic (exact) mass is 521 g/mol. The number of hydrogen-bond acceptors (Lipinski definition) is 4. The summed E-state index contributed by atoms with van der Waals surface area (Å²) in [6.45, 7) is 2.43. The Labute approximate surface area is 220 Å². The molecule has 1 saturated heterocycles. The van der Waals surface area contributed by atoms with E-state index in [2.05, 4.69) is 5.32 Å². The molecule has 2 heterocycles. The molecule has 184 valence electrons. The van der Waals surface area contributed by atoms with E-state index < -0.39 is 6.17 Å². The quantitative estimate of drug-likeness (QED) is 0.520. The van der Waals surface area contributed by atoms with E-state index >= 15 is 0 Å². The van der Waals surface area contributed by atoms with Gasteiger partial charge in [-0.2, -0.15) is 0 Å². The highest BCUT2D eigenvalue weighted by Gasteiger charge is 2.32. The maximum Gasteiger partial charge on any atom is 0.272 e. The van der Waals surface area contributed by atoms with Gasteiger partial charge < -0.3 is 20.0 Å². The molecule has 36 heavy (non-hydrogen) atoms. The van der Waals surface area contributed by atoms with Gasteiger partial charge in [-0.05, 0) is 42.5 Å². The third kappa shape index (κ3) is 4.79. The van der Waals surface area contributed by atoms with Gasteiger partial charge >= 0.3 is 0 Å². The van der Waals surface area contributed by atoms with Crippen LogP contribution in [-0.2, 0) is 4.79 Å². The lowest BCUT2D eigenvalue weighted by Gasteiger charge is -2.38. The summed E-state index contributed by atoms with van der Waals surface area (Å²) in [5.41, 5.74) is 3.62. The second-order valence-electron chi connectivity index (χ2n) is 8.68. The van der Waals surface area contributed by atoms with Crippen molar-refractivity contribution >= 4 is 51.9 Å². The van der Waals surface area contributed by atoms with E-state index in [9.17, 15) is 9.18 Å². The minimum absolute atomic E-state index is 0.225. The largest absolute Gasteiger partial charge is 0.366 e. The van der Waals surface area contributed by atoms with Crippen LogP contribution in [0.1, 0.15) is 11.1 Å². The number of piperazine rings is 1. The van der Waals surface area contributed by atoms with E-state index in [1.165, 1.54) is 6.07 Å². The highest BCUT2D eigenvalue weighted by atomic mass is 35.5. The van der Waals surface area contributed by atoms with Crippen molar-refractivity contribution in [2.24, 2.45) is 4.99 Å². The minimum atomic E-state index is -0.909. The molecule has 1 N–H and O–H groups in total. The van der Waals surface area contributed by atoms with Crippen molar-refractivity contribution in [3.8, 4) is 0 Å². The van der Waals surface area contributed by atoms with E-state index in [1.54, 1.807) is 30.1 Å². The number of amides is 1. The zero-order chi connectivity index (χ0) is 25.2.